The first-order valence-electron chi connectivity index (χ1n) is 6.26. The minimum Gasteiger partial charge on any atom is -0.314 e. The van der Waals surface area contributed by atoms with Gasteiger partial charge in [-0.3, -0.25) is 0 Å². The molecule has 2 atom stereocenters. The third kappa shape index (κ3) is 2.96. The lowest BCUT2D eigenvalue weighted by Gasteiger charge is -2.22. The van der Waals surface area contributed by atoms with Crippen LogP contribution in [0.1, 0.15) is 38.5 Å². The first-order chi connectivity index (χ1) is 6.84. The van der Waals surface area contributed by atoms with Gasteiger partial charge in [-0.15, -0.1) is 0 Å². The van der Waals surface area contributed by atoms with Gasteiger partial charge in [0.2, 0.25) is 0 Å². The van der Waals surface area contributed by atoms with Gasteiger partial charge >= 0.3 is 0 Å². The Bertz CT molecular complexity index is 164. The number of rotatable bonds is 2. The summed E-state index contributed by atoms with van der Waals surface area (Å²) in [7, 11) is 2.28. The van der Waals surface area contributed by atoms with Gasteiger partial charge in [0, 0.05) is 12.6 Å². The van der Waals surface area contributed by atoms with E-state index in [0.717, 1.165) is 12.0 Å². The Kier molecular flexibility index (Phi) is 3.82. The maximum absolute atomic E-state index is 3.62. The van der Waals surface area contributed by atoms with Gasteiger partial charge in [-0.25, -0.2) is 0 Å². The first-order valence-corrected chi connectivity index (χ1v) is 6.26. The van der Waals surface area contributed by atoms with Crippen LogP contribution in [0.15, 0.2) is 0 Å². The molecule has 82 valence electrons. The fraction of sp³-hybridized carbons (Fsp3) is 1.00. The summed E-state index contributed by atoms with van der Waals surface area (Å²) in [5.41, 5.74) is 0. The van der Waals surface area contributed by atoms with Crippen molar-refractivity contribution in [3.8, 4) is 0 Å². The van der Waals surface area contributed by atoms with Crippen molar-refractivity contribution in [1.82, 2.24) is 10.2 Å². The molecular formula is C12H24N2. The Balaban J connectivity index is 1.77. The van der Waals surface area contributed by atoms with Crippen molar-refractivity contribution in [2.45, 2.75) is 44.6 Å². The monoisotopic (exact) mass is 196 g/mol. The Labute approximate surface area is 88.1 Å². The van der Waals surface area contributed by atoms with Crippen LogP contribution in [0.2, 0.25) is 0 Å². The van der Waals surface area contributed by atoms with E-state index in [-0.39, 0.29) is 0 Å². The van der Waals surface area contributed by atoms with Crippen LogP contribution >= 0.6 is 0 Å². The molecule has 2 rings (SSSR count). The number of likely N-dealkylation sites (tertiary alicyclic amines) is 1. The predicted octanol–water partition coefficient (Wildman–Crippen LogP) is 1.86. The van der Waals surface area contributed by atoms with Crippen LogP contribution in [0.5, 0.6) is 0 Å². The largest absolute Gasteiger partial charge is 0.314 e. The minimum atomic E-state index is 0.839. The zero-order valence-electron chi connectivity index (χ0n) is 9.47. The second-order valence-corrected chi connectivity index (χ2v) is 5.15. The summed E-state index contributed by atoms with van der Waals surface area (Å²) in [6.45, 7) is 3.90. The van der Waals surface area contributed by atoms with Gasteiger partial charge in [0.1, 0.15) is 0 Å². The van der Waals surface area contributed by atoms with Crippen LogP contribution in [0.25, 0.3) is 0 Å². The number of nitrogens with zero attached hydrogens (tertiary/aromatic N) is 1. The molecule has 2 heterocycles. The van der Waals surface area contributed by atoms with E-state index in [0.29, 0.717) is 0 Å². The summed E-state index contributed by atoms with van der Waals surface area (Å²) < 4.78 is 0. The molecule has 14 heavy (non-hydrogen) atoms. The quantitative estimate of drug-likeness (QED) is 0.725. The summed E-state index contributed by atoms with van der Waals surface area (Å²) in [5, 5.41) is 3.62. The van der Waals surface area contributed by atoms with Gasteiger partial charge in [-0.05, 0) is 58.2 Å². The first kappa shape index (κ1) is 10.4. The highest BCUT2D eigenvalue weighted by atomic mass is 15.1. The molecule has 2 aliphatic heterocycles. The molecule has 0 saturated carbocycles. The van der Waals surface area contributed by atoms with Crippen molar-refractivity contribution in [2.75, 3.05) is 26.7 Å². The van der Waals surface area contributed by atoms with E-state index in [9.17, 15) is 0 Å². The number of hydrogen-bond donors (Lipinski definition) is 1. The number of nitrogens with one attached hydrogen (secondary N) is 1. The van der Waals surface area contributed by atoms with Crippen molar-refractivity contribution >= 4 is 0 Å². The summed E-state index contributed by atoms with van der Waals surface area (Å²) in [5.74, 6) is 0.957. The molecule has 0 bridgehead atoms. The second-order valence-electron chi connectivity index (χ2n) is 5.15. The van der Waals surface area contributed by atoms with Crippen LogP contribution in [0.4, 0.5) is 0 Å². The Hall–Kier alpha value is -0.0800. The molecule has 2 fully saturated rings. The number of hydrogen-bond acceptors (Lipinski definition) is 2. The summed E-state index contributed by atoms with van der Waals surface area (Å²) in [4.78, 5) is 2.52. The Morgan fingerprint density at radius 1 is 1.21 bits per heavy atom. The molecule has 0 spiro atoms. The van der Waals surface area contributed by atoms with E-state index in [1.807, 2.05) is 0 Å². The van der Waals surface area contributed by atoms with E-state index in [2.05, 4.69) is 17.3 Å². The summed E-state index contributed by atoms with van der Waals surface area (Å²) >= 11 is 0. The summed E-state index contributed by atoms with van der Waals surface area (Å²) in [6.07, 6.45) is 8.55. The third-order valence-electron chi connectivity index (χ3n) is 3.75. The van der Waals surface area contributed by atoms with E-state index in [4.69, 9.17) is 0 Å². The zero-order valence-corrected chi connectivity index (χ0v) is 9.47. The fourth-order valence-corrected chi connectivity index (χ4v) is 2.99. The molecule has 2 saturated heterocycles. The molecule has 2 heteroatoms. The lowest BCUT2D eigenvalue weighted by atomic mass is 9.94. The van der Waals surface area contributed by atoms with Gasteiger partial charge in [0.15, 0.2) is 0 Å². The van der Waals surface area contributed by atoms with Crippen LogP contribution in [-0.4, -0.2) is 37.6 Å². The van der Waals surface area contributed by atoms with Crippen molar-refractivity contribution in [2.24, 2.45) is 5.92 Å². The van der Waals surface area contributed by atoms with Crippen LogP contribution in [-0.2, 0) is 0 Å². The lowest BCUT2D eigenvalue weighted by molar-refractivity contribution is 0.275. The normalized spacial score (nSPS) is 35.8. The van der Waals surface area contributed by atoms with Crippen molar-refractivity contribution in [3.63, 3.8) is 0 Å². The molecule has 2 nitrogen and oxygen atoms in total. The van der Waals surface area contributed by atoms with E-state index in [1.54, 1.807) is 0 Å². The van der Waals surface area contributed by atoms with E-state index >= 15 is 0 Å². The van der Waals surface area contributed by atoms with Gasteiger partial charge in [0.05, 0.1) is 0 Å². The average Bonchev–Trinajstić information content (AvgIpc) is 2.56. The van der Waals surface area contributed by atoms with Gasteiger partial charge in [0.25, 0.3) is 0 Å². The standard InChI is InChI=1S/C12H24N2/c1-14-8-3-2-5-11(10-14)9-12-6-4-7-13-12/h11-13H,2-10H2,1H3. The maximum Gasteiger partial charge on any atom is 0.00706 e. The van der Waals surface area contributed by atoms with Crippen LogP contribution in [0, 0.1) is 5.92 Å². The molecule has 2 aliphatic rings. The molecule has 0 radical (unpaired) electrons. The van der Waals surface area contributed by atoms with Crippen LogP contribution in [0.3, 0.4) is 0 Å². The fourth-order valence-electron chi connectivity index (χ4n) is 2.99. The van der Waals surface area contributed by atoms with Crippen LogP contribution < -0.4 is 5.32 Å². The summed E-state index contributed by atoms with van der Waals surface area (Å²) in [6, 6.07) is 0.839. The molecule has 0 aromatic rings. The van der Waals surface area contributed by atoms with E-state index < -0.39 is 0 Å². The molecular weight excluding hydrogens is 172 g/mol. The Morgan fingerprint density at radius 2 is 2.14 bits per heavy atom. The highest BCUT2D eigenvalue weighted by Crippen LogP contribution is 2.22. The van der Waals surface area contributed by atoms with Gasteiger partial charge < -0.3 is 10.2 Å². The smallest absolute Gasteiger partial charge is 0.00706 e. The highest BCUT2D eigenvalue weighted by Gasteiger charge is 2.21. The molecule has 0 aliphatic carbocycles. The van der Waals surface area contributed by atoms with Gasteiger partial charge in [-0.2, -0.15) is 0 Å². The maximum atomic E-state index is 3.62. The molecule has 0 aromatic heterocycles. The molecule has 1 N–H and O–H groups in total. The molecule has 0 aromatic carbocycles. The van der Waals surface area contributed by atoms with Crippen molar-refractivity contribution < 1.29 is 0 Å². The zero-order chi connectivity index (χ0) is 9.80. The van der Waals surface area contributed by atoms with Gasteiger partial charge in [-0.1, -0.05) is 6.42 Å². The topological polar surface area (TPSA) is 15.3 Å². The van der Waals surface area contributed by atoms with E-state index in [1.165, 1.54) is 58.2 Å². The Morgan fingerprint density at radius 3 is 2.93 bits per heavy atom. The average molecular weight is 196 g/mol. The minimum absolute atomic E-state index is 0.839. The van der Waals surface area contributed by atoms with Crippen molar-refractivity contribution in [1.29, 1.82) is 0 Å². The third-order valence-corrected chi connectivity index (χ3v) is 3.75. The SMILES string of the molecule is CN1CCCCC(CC2CCCN2)C1. The molecule has 2 unspecified atom stereocenters. The molecule has 0 amide bonds. The van der Waals surface area contributed by atoms with Crippen molar-refractivity contribution in [3.05, 3.63) is 0 Å². The predicted molar refractivity (Wildman–Crippen MR) is 60.5 cm³/mol. The lowest BCUT2D eigenvalue weighted by Crippen LogP contribution is -2.30. The highest BCUT2D eigenvalue weighted by molar-refractivity contribution is 4.79. The second kappa shape index (κ2) is 5.13.